The molecule has 3 nitrogen and oxygen atoms in total. The number of rotatable bonds is 4. The van der Waals surface area contributed by atoms with Crippen LogP contribution in [-0.4, -0.2) is 8.42 Å². The van der Waals surface area contributed by atoms with Crippen molar-refractivity contribution >= 4 is 38.9 Å². The zero-order valence-electron chi connectivity index (χ0n) is 11.7. The van der Waals surface area contributed by atoms with Gasteiger partial charge in [-0.25, -0.2) is 8.42 Å². The number of anilines is 1. The highest BCUT2D eigenvalue weighted by Crippen LogP contribution is 2.27. The third kappa shape index (κ3) is 3.70. The van der Waals surface area contributed by atoms with Crippen LogP contribution in [0.3, 0.4) is 0 Å². The highest BCUT2D eigenvalue weighted by Gasteiger charge is 2.19. The molecular formula is C15H15Cl2NO2S. The summed E-state index contributed by atoms with van der Waals surface area (Å²) in [5.74, 6) is 0. The third-order valence-electron chi connectivity index (χ3n) is 3.13. The molecule has 6 heteroatoms. The van der Waals surface area contributed by atoms with Gasteiger partial charge >= 0.3 is 0 Å². The number of aryl methyl sites for hydroxylation is 2. The Morgan fingerprint density at radius 3 is 2.38 bits per heavy atom. The highest BCUT2D eigenvalue weighted by atomic mass is 35.5. The largest absolute Gasteiger partial charge is 0.279 e. The summed E-state index contributed by atoms with van der Waals surface area (Å²) < 4.78 is 27.4. The van der Waals surface area contributed by atoms with E-state index in [9.17, 15) is 8.42 Å². The molecule has 2 aromatic rings. The summed E-state index contributed by atoms with van der Waals surface area (Å²) in [5, 5.41) is 0.486. The summed E-state index contributed by atoms with van der Waals surface area (Å²) >= 11 is 11.8. The molecule has 1 N–H and O–H groups in total. The minimum absolute atomic E-state index is 0.00698. The Bertz CT molecular complexity index is 773. The Balaban J connectivity index is 2.37. The lowest BCUT2D eigenvalue weighted by molar-refractivity contribution is 0.601. The zero-order valence-corrected chi connectivity index (χ0v) is 14.0. The lowest BCUT2D eigenvalue weighted by Crippen LogP contribution is -2.14. The molecule has 0 atom stereocenters. The second-order valence-electron chi connectivity index (χ2n) is 4.68. The average Bonchev–Trinajstić information content (AvgIpc) is 2.40. The Kier molecular flexibility index (Phi) is 4.81. The van der Waals surface area contributed by atoms with Gasteiger partial charge in [0.05, 0.1) is 10.7 Å². The van der Waals surface area contributed by atoms with Gasteiger partial charge in [0.25, 0.3) is 10.0 Å². The van der Waals surface area contributed by atoms with Gasteiger partial charge in [0.1, 0.15) is 4.90 Å². The molecule has 0 aliphatic rings. The van der Waals surface area contributed by atoms with Gasteiger partial charge in [-0.05, 0) is 48.7 Å². The highest BCUT2D eigenvalue weighted by molar-refractivity contribution is 7.92. The summed E-state index contributed by atoms with van der Waals surface area (Å²) in [6, 6.07) is 9.91. The van der Waals surface area contributed by atoms with Gasteiger partial charge in [0.2, 0.25) is 0 Å². The standard InChI is InChI=1S/C15H15Cl2NO2S/c1-3-11-4-6-14(10(2)8-11)18-21(19,20)15-7-5-12(16)9-13(15)17/h4-9,18H,3H2,1-2H3. The fourth-order valence-corrected chi connectivity index (χ4v) is 3.86. The maximum Gasteiger partial charge on any atom is 0.263 e. The van der Waals surface area contributed by atoms with Crippen LogP contribution in [-0.2, 0) is 16.4 Å². The van der Waals surface area contributed by atoms with Crippen molar-refractivity contribution in [3.8, 4) is 0 Å². The Morgan fingerprint density at radius 1 is 1.10 bits per heavy atom. The fraction of sp³-hybridized carbons (Fsp3) is 0.200. The first-order valence-corrected chi connectivity index (χ1v) is 8.65. The van der Waals surface area contributed by atoms with Crippen molar-refractivity contribution in [2.45, 2.75) is 25.2 Å². The maximum absolute atomic E-state index is 12.4. The molecule has 21 heavy (non-hydrogen) atoms. The van der Waals surface area contributed by atoms with Gasteiger partial charge in [0.15, 0.2) is 0 Å². The van der Waals surface area contributed by atoms with E-state index in [1.54, 1.807) is 6.07 Å². The molecule has 0 amide bonds. The lowest BCUT2D eigenvalue weighted by atomic mass is 10.1. The van der Waals surface area contributed by atoms with Gasteiger partial charge in [-0.1, -0.05) is 42.3 Å². The molecule has 0 unspecified atom stereocenters. The van der Waals surface area contributed by atoms with Crippen LogP contribution in [0.1, 0.15) is 18.1 Å². The van der Waals surface area contributed by atoms with Crippen molar-refractivity contribution in [2.75, 3.05) is 4.72 Å². The van der Waals surface area contributed by atoms with Crippen molar-refractivity contribution in [1.82, 2.24) is 0 Å². The normalized spacial score (nSPS) is 11.4. The molecule has 0 aromatic heterocycles. The number of hydrogen-bond acceptors (Lipinski definition) is 2. The first-order chi connectivity index (χ1) is 9.83. The monoisotopic (exact) mass is 343 g/mol. The number of sulfonamides is 1. The smallest absolute Gasteiger partial charge is 0.263 e. The summed E-state index contributed by atoms with van der Waals surface area (Å²) in [4.78, 5) is 0.00698. The molecular weight excluding hydrogens is 329 g/mol. The van der Waals surface area contributed by atoms with Crippen LogP contribution in [0.25, 0.3) is 0 Å². The maximum atomic E-state index is 12.4. The van der Waals surface area contributed by atoms with Crippen LogP contribution >= 0.6 is 23.2 Å². The summed E-state index contributed by atoms with van der Waals surface area (Å²) in [6.45, 7) is 3.91. The Labute approximate surface area is 135 Å². The van der Waals surface area contributed by atoms with Crippen molar-refractivity contribution in [1.29, 1.82) is 0 Å². The molecule has 112 valence electrons. The summed E-state index contributed by atoms with van der Waals surface area (Å²) in [7, 11) is -3.74. The minimum atomic E-state index is -3.74. The van der Waals surface area contributed by atoms with Gasteiger partial charge in [-0.3, -0.25) is 4.72 Å². The first kappa shape index (κ1) is 16.1. The number of hydrogen-bond donors (Lipinski definition) is 1. The number of benzene rings is 2. The predicted octanol–water partition coefficient (Wildman–Crippen LogP) is 4.67. The SMILES string of the molecule is CCc1ccc(NS(=O)(=O)c2ccc(Cl)cc2Cl)c(C)c1. The summed E-state index contributed by atoms with van der Waals surface area (Å²) in [6.07, 6.45) is 0.900. The van der Waals surface area contributed by atoms with Crippen LogP contribution in [0, 0.1) is 6.92 Å². The van der Waals surface area contributed by atoms with E-state index in [0.717, 1.165) is 17.5 Å². The van der Waals surface area contributed by atoms with Gasteiger partial charge in [-0.15, -0.1) is 0 Å². The molecule has 0 saturated carbocycles. The number of halogens is 2. The lowest BCUT2D eigenvalue weighted by Gasteiger charge is -2.12. The Hall–Kier alpha value is -1.23. The molecule has 2 rings (SSSR count). The minimum Gasteiger partial charge on any atom is -0.279 e. The second-order valence-corrected chi connectivity index (χ2v) is 7.18. The van der Waals surface area contributed by atoms with Crippen LogP contribution in [0.15, 0.2) is 41.3 Å². The molecule has 0 aliphatic carbocycles. The van der Waals surface area contributed by atoms with E-state index in [1.807, 2.05) is 26.0 Å². The van der Waals surface area contributed by atoms with E-state index in [-0.39, 0.29) is 9.92 Å². The van der Waals surface area contributed by atoms with Crippen LogP contribution in [0.2, 0.25) is 10.0 Å². The molecule has 0 radical (unpaired) electrons. The van der Waals surface area contributed by atoms with Gasteiger partial charge in [0, 0.05) is 5.02 Å². The van der Waals surface area contributed by atoms with Crippen molar-refractivity contribution < 1.29 is 8.42 Å². The van der Waals surface area contributed by atoms with Crippen LogP contribution < -0.4 is 4.72 Å². The topological polar surface area (TPSA) is 46.2 Å². The Morgan fingerprint density at radius 2 is 1.81 bits per heavy atom. The molecule has 0 fully saturated rings. The number of nitrogens with one attached hydrogen (secondary N) is 1. The van der Waals surface area contributed by atoms with Gasteiger partial charge < -0.3 is 0 Å². The van der Waals surface area contributed by atoms with Gasteiger partial charge in [-0.2, -0.15) is 0 Å². The summed E-state index contributed by atoms with van der Waals surface area (Å²) in [5.41, 5.74) is 2.56. The molecule has 0 saturated heterocycles. The molecule has 0 spiro atoms. The van der Waals surface area contributed by atoms with Crippen LogP contribution in [0.4, 0.5) is 5.69 Å². The third-order valence-corrected chi connectivity index (χ3v) is 5.21. The predicted molar refractivity (Wildman–Crippen MR) is 87.8 cm³/mol. The van der Waals surface area contributed by atoms with E-state index in [1.165, 1.54) is 18.2 Å². The quantitative estimate of drug-likeness (QED) is 0.876. The van der Waals surface area contributed by atoms with E-state index in [0.29, 0.717) is 10.7 Å². The zero-order chi connectivity index (χ0) is 15.6. The molecule has 0 heterocycles. The van der Waals surface area contributed by atoms with E-state index in [2.05, 4.69) is 4.72 Å². The second kappa shape index (κ2) is 6.26. The average molecular weight is 344 g/mol. The van der Waals surface area contributed by atoms with E-state index < -0.39 is 10.0 Å². The fourth-order valence-electron chi connectivity index (χ4n) is 1.95. The van der Waals surface area contributed by atoms with E-state index in [4.69, 9.17) is 23.2 Å². The molecule has 0 aliphatic heterocycles. The van der Waals surface area contributed by atoms with Crippen molar-refractivity contribution in [3.05, 3.63) is 57.6 Å². The molecule has 0 bridgehead atoms. The van der Waals surface area contributed by atoms with Crippen molar-refractivity contribution in [3.63, 3.8) is 0 Å². The van der Waals surface area contributed by atoms with Crippen molar-refractivity contribution in [2.24, 2.45) is 0 Å². The van der Waals surface area contributed by atoms with Crippen LogP contribution in [0.5, 0.6) is 0 Å². The first-order valence-electron chi connectivity index (χ1n) is 6.41. The van der Waals surface area contributed by atoms with E-state index >= 15 is 0 Å². The molecule has 2 aromatic carbocycles.